The van der Waals surface area contributed by atoms with E-state index in [1.807, 2.05) is 0 Å². The van der Waals surface area contributed by atoms with Crippen LogP contribution < -0.4 is 4.90 Å². The standard InChI is InChI=1S/C16H19FN2O/c1-12-6-9-18(10-7-12)15-8-11-19(16(15)20)14-5-3-2-4-13(14)17/h2-6,15H,7-11H2,1H3/t15-/m0/s1. The molecule has 0 bridgehead atoms. The normalized spacial score (nSPS) is 24.1. The Morgan fingerprint density at radius 1 is 1.25 bits per heavy atom. The summed E-state index contributed by atoms with van der Waals surface area (Å²) in [5, 5.41) is 0. The average molecular weight is 274 g/mol. The third kappa shape index (κ3) is 2.36. The van der Waals surface area contributed by atoms with Crippen molar-refractivity contribution in [2.24, 2.45) is 0 Å². The Morgan fingerprint density at radius 3 is 2.75 bits per heavy atom. The van der Waals surface area contributed by atoms with E-state index in [9.17, 15) is 9.18 Å². The zero-order valence-corrected chi connectivity index (χ0v) is 11.7. The van der Waals surface area contributed by atoms with Crippen LogP contribution in [0, 0.1) is 5.82 Å². The highest BCUT2D eigenvalue weighted by Gasteiger charge is 2.37. The number of benzene rings is 1. The maximum atomic E-state index is 13.8. The van der Waals surface area contributed by atoms with Gasteiger partial charge in [0.2, 0.25) is 5.91 Å². The van der Waals surface area contributed by atoms with E-state index in [0.717, 1.165) is 25.9 Å². The number of carbonyl (C=O) groups is 1. The second-order valence-electron chi connectivity index (χ2n) is 5.54. The molecule has 106 valence electrons. The van der Waals surface area contributed by atoms with Gasteiger partial charge >= 0.3 is 0 Å². The summed E-state index contributed by atoms with van der Waals surface area (Å²) in [6.07, 6.45) is 3.98. The minimum atomic E-state index is -0.323. The summed E-state index contributed by atoms with van der Waals surface area (Å²) in [4.78, 5) is 16.3. The molecule has 1 aromatic rings. The van der Waals surface area contributed by atoms with Gasteiger partial charge in [0.1, 0.15) is 5.82 Å². The van der Waals surface area contributed by atoms with Gasteiger partial charge in [0.25, 0.3) is 0 Å². The number of halogens is 1. The van der Waals surface area contributed by atoms with Gasteiger partial charge < -0.3 is 4.90 Å². The number of hydrogen-bond donors (Lipinski definition) is 0. The van der Waals surface area contributed by atoms with Crippen LogP contribution >= 0.6 is 0 Å². The van der Waals surface area contributed by atoms with Crippen LogP contribution in [-0.4, -0.2) is 36.5 Å². The van der Waals surface area contributed by atoms with Gasteiger partial charge in [-0.2, -0.15) is 0 Å². The Labute approximate surface area is 118 Å². The van der Waals surface area contributed by atoms with Gasteiger partial charge in [-0.25, -0.2) is 4.39 Å². The van der Waals surface area contributed by atoms with E-state index in [2.05, 4.69) is 17.9 Å². The van der Waals surface area contributed by atoms with E-state index >= 15 is 0 Å². The van der Waals surface area contributed by atoms with Gasteiger partial charge in [-0.3, -0.25) is 9.69 Å². The zero-order chi connectivity index (χ0) is 14.1. The predicted molar refractivity (Wildman–Crippen MR) is 77.1 cm³/mol. The summed E-state index contributed by atoms with van der Waals surface area (Å²) >= 11 is 0. The van der Waals surface area contributed by atoms with Crippen LogP contribution in [0.15, 0.2) is 35.9 Å². The van der Waals surface area contributed by atoms with Crippen LogP contribution in [0.5, 0.6) is 0 Å². The van der Waals surface area contributed by atoms with Crippen molar-refractivity contribution in [1.29, 1.82) is 0 Å². The number of carbonyl (C=O) groups excluding carboxylic acids is 1. The van der Waals surface area contributed by atoms with Gasteiger partial charge in [0.05, 0.1) is 11.7 Å². The fourth-order valence-electron chi connectivity index (χ4n) is 2.98. The SMILES string of the molecule is CC1=CCN([C@H]2CCN(c3ccccc3F)C2=O)CC1. The van der Waals surface area contributed by atoms with E-state index in [-0.39, 0.29) is 17.8 Å². The first kappa shape index (κ1) is 13.3. The van der Waals surface area contributed by atoms with E-state index in [4.69, 9.17) is 0 Å². The minimum absolute atomic E-state index is 0.0306. The Hall–Kier alpha value is -1.68. The van der Waals surface area contributed by atoms with Gasteiger partial charge in [0.15, 0.2) is 0 Å². The van der Waals surface area contributed by atoms with Crippen LogP contribution in [0.25, 0.3) is 0 Å². The lowest BCUT2D eigenvalue weighted by atomic mass is 10.1. The van der Waals surface area contributed by atoms with Crippen LogP contribution in [0.4, 0.5) is 10.1 Å². The highest BCUT2D eigenvalue weighted by Crippen LogP contribution is 2.27. The zero-order valence-electron chi connectivity index (χ0n) is 11.7. The molecule has 2 aliphatic heterocycles. The van der Waals surface area contributed by atoms with Crippen molar-refractivity contribution in [1.82, 2.24) is 4.90 Å². The average Bonchev–Trinajstić information content (AvgIpc) is 2.82. The summed E-state index contributed by atoms with van der Waals surface area (Å²) in [7, 11) is 0. The third-order valence-corrected chi connectivity index (χ3v) is 4.23. The molecule has 0 aliphatic carbocycles. The largest absolute Gasteiger partial charge is 0.308 e. The van der Waals surface area contributed by atoms with Gasteiger partial charge in [-0.05, 0) is 31.9 Å². The molecule has 20 heavy (non-hydrogen) atoms. The molecular formula is C16H19FN2O. The molecule has 0 N–H and O–H groups in total. The Bertz CT molecular complexity index is 555. The molecule has 0 saturated carbocycles. The minimum Gasteiger partial charge on any atom is -0.308 e. The van der Waals surface area contributed by atoms with E-state index < -0.39 is 0 Å². The predicted octanol–water partition coefficient (Wildman–Crippen LogP) is 2.58. The molecule has 0 unspecified atom stereocenters. The van der Waals surface area contributed by atoms with Crippen LogP contribution in [0.3, 0.4) is 0 Å². The summed E-state index contributed by atoms with van der Waals surface area (Å²) in [5.74, 6) is -0.293. The molecule has 1 saturated heterocycles. The van der Waals surface area contributed by atoms with Crippen LogP contribution in [0.1, 0.15) is 19.8 Å². The van der Waals surface area contributed by atoms with Crippen molar-refractivity contribution < 1.29 is 9.18 Å². The van der Waals surface area contributed by atoms with Crippen molar-refractivity contribution in [2.45, 2.75) is 25.8 Å². The fourth-order valence-corrected chi connectivity index (χ4v) is 2.98. The Morgan fingerprint density at radius 2 is 2.05 bits per heavy atom. The number of hydrogen-bond acceptors (Lipinski definition) is 2. The van der Waals surface area contributed by atoms with Crippen molar-refractivity contribution >= 4 is 11.6 Å². The first-order chi connectivity index (χ1) is 9.66. The summed E-state index contributed by atoms with van der Waals surface area (Å²) < 4.78 is 13.8. The first-order valence-electron chi connectivity index (χ1n) is 7.12. The molecule has 0 radical (unpaired) electrons. The van der Waals surface area contributed by atoms with E-state index in [1.54, 1.807) is 23.1 Å². The molecule has 2 heterocycles. The molecule has 0 aromatic heterocycles. The lowest BCUT2D eigenvalue weighted by molar-refractivity contribution is -0.121. The number of nitrogens with zero attached hydrogens (tertiary/aromatic N) is 2. The number of rotatable bonds is 2. The second kappa shape index (κ2) is 5.37. The molecule has 3 nitrogen and oxygen atoms in total. The molecular weight excluding hydrogens is 255 g/mol. The van der Waals surface area contributed by atoms with Gasteiger partial charge in [-0.15, -0.1) is 0 Å². The highest BCUT2D eigenvalue weighted by atomic mass is 19.1. The lowest BCUT2D eigenvalue weighted by Crippen LogP contribution is -2.44. The molecule has 1 aromatic carbocycles. The number of amides is 1. The van der Waals surface area contributed by atoms with Crippen molar-refractivity contribution in [3.05, 3.63) is 41.7 Å². The molecule has 0 spiro atoms. The second-order valence-corrected chi connectivity index (χ2v) is 5.54. The van der Waals surface area contributed by atoms with Crippen molar-refractivity contribution in [3.63, 3.8) is 0 Å². The molecule has 2 aliphatic rings. The summed E-state index contributed by atoms with van der Waals surface area (Å²) in [6, 6.07) is 6.40. The van der Waals surface area contributed by atoms with Crippen LogP contribution in [-0.2, 0) is 4.79 Å². The first-order valence-corrected chi connectivity index (χ1v) is 7.12. The maximum Gasteiger partial charge on any atom is 0.244 e. The summed E-state index contributed by atoms with van der Waals surface area (Å²) in [6.45, 7) is 4.47. The van der Waals surface area contributed by atoms with Crippen LogP contribution in [0.2, 0.25) is 0 Å². The Kier molecular flexibility index (Phi) is 3.57. The molecule has 1 fully saturated rings. The van der Waals surface area contributed by atoms with E-state index in [0.29, 0.717) is 12.2 Å². The molecule has 3 rings (SSSR count). The summed E-state index contributed by atoms with van der Waals surface area (Å²) in [5.41, 5.74) is 1.79. The topological polar surface area (TPSA) is 23.6 Å². The monoisotopic (exact) mass is 274 g/mol. The molecule has 1 atom stereocenters. The highest BCUT2D eigenvalue weighted by molar-refractivity contribution is 5.99. The maximum absolute atomic E-state index is 13.8. The smallest absolute Gasteiger partial charge is 0.244 e. The number of para-hydroxylation sites is 1. The number of anilines is 1. The lowest BCUT2D eigenvalue weighted by Gasteiger charge is -2.30. The quantitative estimate of drug-likeness (QED) is 0.774. The third-order valence-electron chi connectivity index (χ3n) is 4.23. The molecule has 1 amide bonds. The van der Waals surface area contributed by atoms with Gasteiger partial charge in [0, 0.05) is 19.6 Å². The van der Waals surface area contributed by atoms with Crippen molar-refractivity contribution in [2.75, 3.05) is 24.5 Å². The van der Waals surface area contributed by atoms with Crippen molar-refractivity contribution in [3.8, 4) is 0 Å². The fraction of sp³-hybridized carbons (Fsp3) is 0.438. The molecule has 4 heteroatoms. The van der Waals surface area contributed by atoms with Gasteiger partial charge in [-0.1, -0.05) is 23.8 Å². The Balaban J connectivity index is 1.76. The van der Waals surface area contributed by atoms with E-state index in [1.165, 1.54) is 11.6 Å².